The number of rotatable bonds is 8. The van der Waals surface area contributed by atoms with Gasteiger partial charge in [-0.1, -0.05) is 32.4 Å². The molecule has 0 aliphatic rings. The van der Waals surface area contributed by atoms with Gasteiger partial charge in [0.1, 0.15) is 0 Å². The Morgan fingerprint density at radius 2 is 2.04 bits per heavy atom. The number of carbonyl (C=O) groups is 1. The predicted octanol–water partition coefficient (Wildman–Crippen LogP) is 2.51. The van der Waals surface area contributed by atoms with Crippen molar-refractivity contribution in [3.8, 4) is 5.69 Å². The molecule has 2 atom stereocenters. The monoisotopic (exact) mass is 344 g/mol. The van der Waals surface area contributed by atoms with Gasteiger partial charge < -0.3 is 15.7 Å². The average molecular weight is 344 g/mol. The summed E-state index contributed by atoms with van der Waals surface area (Å²) in [4.78, 5) is 11.9. The third-order valence-electron chi connectivity index (χ3n) is 4.69. The van der Waals surface area contributed by atoms with Gasteiger partial charge in [-0.05, 0) is 43.0 Å². The number of nitrogens with zero attached hydrogens (tertiary/aromatic N) is 2. The average Bonchev–Trinajstić information content (AvgIpc) is 3.14. The summed E-state index contributed by atoms with van der Waals surface area (Å²) in [7, 11) is 0. The van der Waals surface area contributed by atoms with Crippen LogP contribution in [0, 0.1) is 5.92 Å². The number of urea groups is 1. The Hall–Kier alpha value is -2.34. The van der Waals surface area contributed by atoms with Gasteiger partial charge in [0.15, 0.2) is 0 Å². The van der Waals surface area contributed by atoms with Crippen LogP contribution >= 0.6 is 0 Å². The molecule has 0 fully saturated rings. The molecule has 0 bridgehead atoms. The summed E-state index contributed by atoms with van der Waals surface area (Å²) in [5, 5.41) is 20.0. The Morgan fingerprint density at radius 3 is 2.64 bits per heavy atom. The Kier molecular flexibility index (Phi) is 6.58. The minimum Gasteiger partial charge on any atom is -0.388 e. The Bertz CT molecular complexity index is 651. The summed E-state index contributed by atoms with van der Waals surface area (Å²) in [5.41, 5.74) is 1.25. The maximum atomic E-state index is 11.9. The molecule has 25 heavy (non-hydrogen) atoms. The highest BCUT2D eigenvalue weighted by Gasteiger charge is 2.27. The molecule has 1 heterocycles. The van der Waals surface area contributed by atoms with E-state index in [1.807, 2.05) is 50.4 Å². The normalized spacial score (nSPS) is 14.6. The van der Waals surface area contributed by atoms with Gasteiger partial charge in [-0.3, -0.25) is 0 Å². The van der Waals surface area contributed by atoms with Crippen LogP contribution in [0.25, 0.3) is 5.69 Å². The summed E-state index contributed by atoms with van der Waals surface area (Å²) < 4.78 is 1.80. The van der Waals surface area contributed by atoms with Gasteiger partial charge in [0.25, 0.3) is 0 Å². The molecular weight excluding hydrogens is 316 g/mol. The summed E-state index contributed by atoms with van der Waals surface area (Å²) in [6, 6.07) is 9.71. The number of carbonyl (C=O) groups excluding carboxylic acids is 1. The number of hydrogen-bond acceptors (Lipinski definition) is 3. The maximum absolute atomic E-state index is 11.9. The second-order valence-corrected chi connectivity index (χ2v) is 6.64. The van der Waals surface area contributed by atoms with Gasteiger partial charge in [0.2, 0.25) is 0 Å². The van der Waals surface area contributed by atoms with E-state index in [0.29, 0.717) is 6.54 Å². The number of nitrogens with one attached hydrogen (secondary N) is 2. The largest absolute Gasteiger partial charge is 0.388 e. The fraction of sp³-hybridized carbons (Fsp3) is 0.474. The van der Waals surface area contributed by atoms with Crippen molar-refractivity contribution in [1.29, 1.82) is 0 Å². The lowest BCUT2D eigenvalue weighted by Crippen LogP contribution is -2.48. The van der Waals surface area contributed by atoms with Crippen molar-refractivity contribution in [2.24, 2.45) is 5.92 Å². The van der Waals surface area contributed by atoms with E-state index >= 15 is 0 Å². The molecule has 2 unspecified atom stereocenters. The molecule has 1 aromatic carbocycles. The first kappa shape index (κ1) is 19.0. The van der Waals surface area contributed by atoms with E-state index in [1.54, 1.807) is 17.8 Å². The van der Waals surface area contributed by atoms with Crippen molar-refractivity contribution in [3.05, 3.63) is 48.3 Å². The lowest BCUT2D eigenvalue weighted by molar-refractivity contribution is 0.00791. The van der Waals surface area contributed by atoms with E-state index < -0.39 is 5.60 Å². The minimum absolute atomic E-state index is 0.126. The highest BCUT2D eigenvalue weighted by molar-refractivity contribution is 5.73. The SMILES string of the molecule is CCC(C)C(C)(O)CNC(=O)NCCc1ccc(-n2cccn2)cc1. The van der Waals surface area contributed by atoms with Crippen LogP contribution in [0.4, 0.5) is 4.79 Å². The standard InChI is InChI=1S/C19H28N4O2/c1-4-15(2)19(3,25)14-21-18(24)20-12-10-16-6-8-17(9-7-16)23-13-5-11-22-23/h5-9,11,13,15,25H,4,10,12,14H2,1-3H3,(H2,20,21,24). The second kappa shape index (κ2) is 8.67. The minimum atomic E-state index is -0.894. The lowest BCUT2D eigenvalue weighted by atomic mass is 9.89. The van der Waals surface area contributed by atoms with Crippen LogP contribution in [0.1, 0.15) is 32.8 Å². The van der Waals surface area contributed by atoms with E-state index in [9.17, 15) is 9.90 Å². The van der Waals surface area contributed by atoms with Crippen LogP contribution in [0.5, 0.6) is 0 Å². The first-order valence-electron chi connectivity index (χ1n) is 8.75. The van der Waals surface area contributed by atoms with E-state index in [1.165, 1.54) is 0 Å². The molecule has 136 valence electrons. The molecule has 2 aromatic rings. The van der Waals surface area contributed by atoms with E-state index in [2.05, 4.69) is 15.7 Å². The van der Waals surface area contributed by atoms with Gasteiger partial charge in [0.05, 0.1) is 11.3 Å². The maximum Gasteiger partial charge on any atom is 0.314 e. The summed E-state index contributed by atoms with van der Waals surface area (Å²) >= 11 is 0. The van der Waals surface area contributed by atoms with Gasteiger partial charge in [-0.25, -0.2) is 9.48 Å². The molecule has 0 radical (unpaired) electrons. The van der Waals surface area contributed by atoms with E-state index in [-0.39, 0.29) is 18.5 Å². The zero-order valence-electron chi connectivity index (χ0n) is 15.2. The molecule has 6 nitrogen and oxygen atoms in total. The number of benzene rings is 1. The molecule has 0 spiro atoms. The summed E-state index contributed by atoms with van der Waals surface area (Å²) in [6.07, 6.45) is 5.25. The number of hydrogen-bond donors (Lipinski definition) is 3. The molecular formula is C19H28N4O2. The molecule has 0 saturated heterocycles. The molecule has 6 heteroatoms. The number of amides is 2. The van der Waals surface area contributed by atoms with Gasteiger partial charge >= 0.3 is 6.03 Å². The zero-order valence-corrected chi connectivity index (χ0v) is 15.2. The first-order chi connectivity index (χ1) is 11.9. The highest BCUT2D eigenvalue weighted by atomic mass is 16.3. The van der Waals surface area contributed by atoms with Gasteiger partial charge in [-0.15, -0.1) is 0 Å². The van der Waals surface area contributed by atoms with Crippen molar-refractivity contribution in [2.45, 2.75) is 39.2 Å². The lowest BCUT2D eigenvalue weighted by Gasteiger charge is -2.29. The van der Waals surface area contributed by atoms with Gasteiger partial charge in [-0.2, -0.15) is 5.10 Å². The topological polar surface area (TPSA) is 79.2 Å². The summed E-state index contributed by atoms with van der Waals surface area (Å²) in [5.74, 6) is 0.126. The third-order valence-corrected chi connectivity index (χ3v) is 4.69. The molecule has 2 rings (SSSR count). The van der Waals surface area contributed by atoms with Crippen molar-refractivity contribution >= 4 is 6.03 Å². The molecule has 2 amide bonds. The van der Waals surface area contributed by atoms with Crippen LogP contribution in [-0.2, 0) is 6.42 Å². The zero-order chi connectivity index (χ0) is 18.3. The third kappa shape index (κ3) is 5.60. The van der Waals surface area contributed by atoms with Crippen LogP contribution < -0.4 is 10.6 Å². The quantitative estimate of drug-likeness (QED) is 0.688. The van der Waals surface area contributed by atoms with Crippen molar-refractivity contribution < 1.29 is 9.90 Å². The molecule has 0 saturated carbocycles. The van der Waals surface area contributed by atoms with Gasteiger partial charge in [0, 0.05) is 25.5 Å². The first-order valence-corrected chi connectivity index (χ1v) is 8.75. The molecule has 1 aromatic heterocycles. The Morgan fingerprint density at radius 1 is 1.32 bits per heavy atom. The summed E-state index contributed by atoms with van der Waals surface area (Å²) in [6.45, 7) is 6.54. The molecule has 0 aliphatic heterocycles. The Balaban J connectivity index is 1.72. The molecule has 0 aliphatic carbocycles. The second-order valence-electron chi connectivity index (χ2n) is 6.64. The predicted molar refractivity (Wildman–Crippen MR) is 98.7 cm³/mol. The van der Waals surface area contributed by atoms with Crippen LogP contribution in [0.3, 0.4) is 0 Å². The molecule has 3 N–H and O–H groups in total. The van der Waals surface area contributed by atoms with Crippen LogP contribution in [-0.4, -0.2) is 39.6 Å². The number of aliphatic hydroxyl groups is 1. The Labute approximate surface area is 149 Å². The van der Waals surface area contributed by atoms with Crippen molar-refractivity contribution in [2.75, 3.05) is 13.1 Å². The van der Waals surface area contributed by atoms with Crippen LogP contribution in [0.2, 0.25) is 0 Å². The highest BCUT2D eigenvalue weighted by Crippen LogP contribution is 2.18. The van der Waals surface area contributed by atoms with Crippen molar-refractivity contribution in [1.82, 2.24) is 20.4 Å². The van der Waals surface area contributed by atoms with Crippen molar-refractivity contribution in [3.63, 3.8) is 0 Å². The number of aromatic nitrogens is 2. The van der Waals surface area contributed by atoms with E-state index in [4.69, 9.17) is 0 Å². The van der Waals surface area contributed by atoms with E-state index in [0.717, 1.165) is 24.1 Å². The van der Waals surface area contributed by atoms with Crippen LogP contribution in [0.15, 0.2) is 42.7 Å². The fourth-order valence-corrected chi connectivity index (χ4v) is 2.49. The fourth-order valence-electron chi connectivity index (χ4n) is 2.49. The smallest absolute Gasteiger partial charge is 0.314 e.